The van der Waals surface area contributed by atoms with Crippen molar-refractivity contribution in [3.63, 3.8) is 0 Å². The average Bonchev–Trinajstić information content (AvgIpc) is 2.61. The molecule has 0 bridgehead atoms. The van der Waals surface area contributed by atoms with Crippen LogP contribution in [0.3, 0.4) is 0 Å². The van der Waals surface area contributed by atoms with E-state index in [4.69, 9.17) is 5.73 Å². The van der Waals surface area contributed by atoms with Gasteiger partial charge in [-0.3, -0.25) is 0 Å². The predicted octanol–water partition coefficient (Wildman–Crippen LogP) is 3.06. The Morgan fingerprint density at radius 3 is 2.56 bits per heavy atom. The molecular weight excluding hydrogens is 290 g/mol. The number of halogens is 1. The molecule has 1 aromatic heterocycles. The first-order valence-corrected chi connectivity index (χ1v) is 6.85. The average molecular weight is 308 g/mol. The highest BCUT2D eigenvalue weighted by Gasteiger charge is 2.13. The van der Waals surface area contributed by atoms with E-state index in [1.165, 1.54) is 16.7 Å². The maximum absolute atomic E-state index is 5.63. The van der Waals surface area contributed by atoms with Crippen LogP contribution in [-0.4, -0.2) is 16.3 Å². The lowest BCUT2D eigenvalue weighted by Crippen LogP contribution is -2.04. The van der Waals surface area contributed by atoms with Crippen LogP contribution in [0.1, 0.15) is 22.4 Å². The number of hydrogen-bond acceptors (Lipinski definition) is 2. The lowest BCUT2D eigenvalue weighted by atomic mass is 10.1. The highest BCUT2D eigenvalue weighted by molar-refractivity contribution is 9.10. The van der Waals surface area contributed by atoms with Gasteiger partial charge in [-0.15, -0.1) is 0 Å². The lowest BCUT2D eigenvalue weighted by Gasteiger charge is -2.07. The number of benzene rings is 1. The van der Waals surface area contributed by atoms with E-state index in [1.807, 2.05) is 11.6 Å². The van der Waals surface area contributed by atoms with E-state index in [0.29, 0.717) is 6.54 Å². The molecule has 4 heteroatoms. The summed E-state index contributed by atoms with van der Waals surface area (Å²) in [5, 5.41) is 4.58. The van der Waals surface area contributed by atoms with Crippen molar-refractivity contribution in [2.45, 2.75) is 27.2 Å². The highest BCUT2D eigenvalue weighted by atomic mass is 79.9. The van der Waals surface area contributed by atoms with E-state index < -0.39 is 0 Å². The zero-order chi connectivity index (χ0) is 13.3. The van der Waals surface area contributed by atoms with Crippen molar-refractivity contribution in [1.82, 2.24) is 9.78 Å². The summed E-state index contributed by atoms with van der Waals surface area (Å²) in [5.41, 5.74) is 11.5. The molecule has 18 heavy (non-hydrogen) atoms. The van der Waals surface area contributed by atoms with Gasteiger partial charge in [-0.1, -0.05) is 6.07 Å². The van der Waals surface area contributed by atoms with Crippen LogP contribution in [0, 0.1) is 20.8 Å². The van der Waals surface area contributed by atoms with Gasteiger partial charge in [-0.05, 0) is 72.9 Å². The molecular formula is C14H18BrN3. The number of nitrogens with zero attached hydrogens (tertiary/aromatic N) is 2. The standard InChI is InChI=1S/C14H18BrN3/c1-9-4-5-12(8-10(9)2)18-14(15)13(6-7-16)11(3)17-18/h4-5,8H,6-7,16H2,1-3H3. The Balaban J connectivity index is 2.50. The van der Waals surface area contributed by atoms with Gasteiger partial charge in [0, 0.05) is 5.56 Å². The SMILES string of the molecule is Cc1ccc(-n2nc(C)c(CCN)c2Br)cc1C. The first-order chi connectivity index (χ1) is 8.54. The fraction of sp³-hybridized carbons (Fsp3) is 0.357. The zero-order valence-electron chi connectivity index (χ0n) is 11.0. The second-order valence-corrected chi connectivity index (χ2v) is 5.32. The van der Waals surface area contributed by atoms with Crippen LogP contribution in [0.2, 0.25) is 0 Å². The van der Waals surface area contributed by atoms with Gasteiger partial charge in [0.25, 0.3) is 0 Å². The van der Waals surface area contributed by atoms with Crippen molar-refractivity contribution in [2.75, 3.05) is 6.54 Å². The molecule has 2 rings (SSSR count). The van der Waals surface area contributed by atoms with Gasteiger partial charge in [-0.2, -0.15) is 5.10 Å². The van der Waals surface area contributed by atoms with Crippen molar-refractivity contribution in [3.8, 4) is 5.69 Å². The first kappa shape index (κ1) is 13.3. The summed E-state index contributed by atoms with van der Waals surface area (Å²) in [4.78, 5) is 0. The molecule has 0 spiro atoms. The predicted molar refractivity (Wildman–Crippen MR) is 78.2 cm³/mol. The minimum absolute atomic E-state index is 0.637. The van der Waals surface area contributed by atoms with Gasteiger partial charge in [0.15, 0.2) is 0 Å². The van der Waals surface area contributed by atoms with Crippen LogP contribution in [0.5, 0.6) is 0 Å². The van der Waals surface area contributed by atoms with Gasteiger partial charge in [0.1, 0.15) is 4.60 Å². The first-order valence-electron chi connectivity index (χ1n) is 6.06. The molecule has 0 aliphatic carbocycles. The van der Waals surface area contributed by atoms with Crippen molar-refractivity contribution < 1.29 is 0 Å². The van der Waals surface area contributed by atoms with Gasteiger partial charge in [-0.25, -0.2) is 4.68 Å². The molecule has 3 nitrogen and oxygen atoms in total. The van der Waals surface area contributed by atoms with Crippen LogP contribution in [0.4, 0.5) is 0 Å². The highest BCUT2D eigenvalue weighted by Crippen LogP contribution is 2.25. The molecule has 2 aromatic rings. The van der Waals surface area contributed by atoms with Crippen LogP contribution >= 0.6 is 15.9 Å². The fourth-order valence-electron chi connectivity index (χ4n) is 1.99. The van der Waals surface area contributed by atoms with Crippen LogP contribution in [0.15, 0.2) is 22.8 Å². The Morgan fingerprint density at radius 1 is 1.22 bits per heavy atom. The molecule has 0 aliphatic heterocycles. The lowest BCUT2D eigenvalue weighted by molar-refractivity contribution is 0.843. The summed E-state index contributed by atoms with van der Waals surface area (Å²) in [5.74, 6) is 0. The van der Waals surface area contributed by atoms with E-state index in [2.05, 4.69) is 53.1 Å². The largest absolute Gasteiger partial charge is 0.330 e. The third-order valence-electron chi connectivity index (χ3n) is 3.25. The number of hydrogen-bond donors (Lipinski definition) is 1. The molecule has 0 saturated heterocycles. The second kappa shape index (κ2) is 5.24. The number of nitrogens with two attached hydrogens (primary N) is 1. The second-order valence-electron chi connectivity index (χ2n) is 4.57. The minimum atomic E-state index is 0.637. The molecule has 0 atom stereocenters. The third kappa shape index (κ3) is 2.35. The van der Waals surface area contributed by atoms with Crippen molar-refractivity contribution >= 4 is 15.9 Å². The summed E-state index contributed by atoms with van der Waals surface area (Å²) in [6.45, 7) is 6.89. The Morgan fingerprint density at radius 2 is 1.94 bits per heavy atom. The monoisotopic (exact) mass is 307 g/mol. The Kier molecular flexibility index (Phi) is 3.88. The van der Waals surface area contributed by atoms with Gasteiger partial charge < -0.3 is 5.73 Å². The van der Waals surface area contributed by atoms with E-state index in [-0.39, 0.29) is 0 Å². The maximum atomic E-state index is 5.63. The Hall–Kier alpha value is -1.13. The molecule has 2 N–H and O–H groups in total. The van der Waals surface area contributed by atoms with Crippen LogP contribution in [0.25, 0.3) is 5.69 Å². The molecule has 0 amide bonds. The molecule has 0 radical (unpaired) electrons. The summed E-state index contributed by atoms with van der Waals surface area (Å²) < 4.78 is 2.95. The van der Waals surface area contributed by atoms with Gasteiger partial charge in [0.2, 0.25) is 0 Å². The number of aryl methyl sites for hydroxylation is 3. The zero-order valence-corrected chi connectivity index (χ0v) is 12.6. The molecule has 0 saturated carbocycles. The molecule has 96 valence electrons. The molecule has 0 aliphatic rings. The summed E-state index contributed by atoms with van der Waals surface area (Å²) >= 11 is 3.63. The smallest absolute Gasteiger partial charge is 0.113 e. The molecule has 0 fully saturated rings. The van der Waals surface area contributed by atoms with Crippen molar-refractivity contribution in [3.05, 3.63) is 45.2 Å². The van der Waals surface area contributed by atoms with E-state index >= 15 is 0 Å². The third-order valence-corrected chi connectivity index (χ3v) is 4.07. The van der Waals surface area contributed by atoms with Gasteiger partial charge >= 0.3 is 0 Å². The van der Waals surface area contributed by atoms with Crippen molar-refractivity contribution in [2.24, 2.45) is 5.73 Å². The maximum Gasteiger partial charge on any atom is 0.113 e. The number of aromatic nitrogens is 2. The summed E-state index contributed by atoms with van der Waals surface area (Å²) in [7, 11) is 0. The van der Waals surface area contributed by atoms with Crippen molar-refractivity contribution in [1.29, 1.82) is 0 Å². The Bertz CT molecular complexity index is 573. The summed E-state index contributed by atoms with van der Waals surface area (Å²) in [6.07, 6.45) is 0.845. The summed E-state index contributed by atoms with van der Waals surface area (Å²) in [6, 6.07) is 6.36. The van der Waals surface area contributed by atoms with E-state index in [0.717, 1.165) is 22.4 Å². The van der Waals surface area contributed by atoms with Crippen LogP contribution < -0.4 is 5.73 Å². The van der Waals surface area contributed by atoms with Gasteiger partial charge in [0.05, 0.1) is 11.4 Å². The molecule has 1 heterocycles. The normalized spacial score (nSPS) is 10.9. The van der Waals surface area contributed by atoms with Crippen LogP contribution in [-0.2, 0) is 6.42 Å². The Labute approximate surface area is 116 Å². The van der Waals surface area contributed by atoms with E-state index in [1.54, 1.807) is 0 Å². The fourth-order valence-corrected chi connectivity index (χ4v) is 2.76. The molecule has 1 aromatic carbocycles. The van der Waals surface area contributed by atoms with E-state index in [9.17, 15) is 0 Å². The minimum Gasteiger partial charge on any atom is -0.330 e. The quantitative estimate of drug-likeness (QED) is 0.947. The number of rotatable bonds is 3. The molecule has 0 unspecified atom stereocenters. The topological polar surface area (TPSA) is 43.8 Å².